The Labute approximate surface area is 116 Å². The molecule has 1 saturated heterocycles. The van der Waals surface area contributed by atoms with Gasteiger partial charge in [-0.15, -0.1) is 29.9 Å². The molecule has 2 heterocycles. The first-order chi connectivity index (χ1) is 6.77. The van der Waals surface area contributed by atoms with Crippen LogP contribution < -0.4 is 10.2 Å². The first-order valence-corrected chi connectivity index (χ1v) is 5.59. The Kier molecular flexibility index (Phi) is 7.30. The van der Waals surface area contributed by atoms with Gasteiger partial charge in [0.25, 0.3) is 0 Å². The molecule has 0 bridgehead atoms. The number of nitrogens with zero attached hydrogens (tertiary/aromatic N) is 4. The van der Waals surface area contributed by atoms with Gasteiger partial charge in [-0.25, -0.2) is 4.68 Å². The van der Waals surface area contributed by atoms with Gasteiger partial charge in [-0.3, -0.25) is 0 Å². The van der Waals surface area contributed by atoms with Crippen molar-refractivity contribution in [3.8, 4) is 0 Å². The van der Waals surface area contributed by atoms with Gasteiger partial charge >= 0.3 is 0 Å². The van der Waals surface area contributed by atoms with Gasteiger partial charge < -0.3 is 10.2 Å². The molecule has 0 spiro atoms. The molecule has 8 heteroatoms. The molecule has 94 valence electrons. The van der Waals surface area contributed by atoms with Gasteiger partial charge in [0, 0.05) is 26.7 Å². The summed E-state index contributed by atoms with van der Waals surface area (Å²) in [5, 5.41) is 7.54. The summed E-state index contributed by atoms with van der Waals surface area (Å²) in [4.78, 5) is 6.60. The van der Waals surface area contributed by atoms with Gasteiger partial charge in [-0.05, 0) is 28.9 Å². The predicted octanol–water partition coefficient (Wildman–Crippen LogP) is 1.22. The van der Waals surface area contributed by atoms with Crippen molar-refractivity contribution >= 4 is 46.7 Å². The first kappa shape index (κ1) is 16.0. The summed E-state index contributed by atoms with van der Waals surface area (Å²) in [6.45, 7) is 4.16. The molecule has 0 unspecified atom stereocenters. The molecule has 0 saturated carbocycles. The normalized spacial score (nSPS) is 16.0. The van der Waals surface area contributed by atoms with Gasteiger partial charge in [-0.1, -0.05) is 0 Å². The van der Waals surface area contributed by atoms with Crippen molar-refractivity contribution in [3.05, 3.63) is 4.73 Å². The van der Waals surface area contributed by atoms with E-state index in [2.05, 4.69) is 36.2 Å². The lowest BCUT2D eigenvalue weighted by molar-refractivity contribution is 0.700. The van der Waals surface area contributed by atoms with E-state index in [0.29, 0.717) is 4.73 Å². The molecule has 0 aliphatic carbocycles. The third-order valence-electron chi connectivity index (χ3n) is 2.34. The Balaban J connectivity index is 0.00000112. The van der Waals surface area contributed by atoms with Crippen molar-refractivity contribution in [1.82, 2.24) is 20.1 Å². The Hall–Kier alpha value is -0.0400. The number of hydrogen-bond donors (Lipinski definition) is 1. The van der Waals surface area contributed by atoms with Crippen molar-refractivity contribution in [3.63, 3.8) is 0 Å². The van der Waals surface area contributed by atoms with Crippen molar-refractivity contribution in [2.24, 2.45) is 7.05 Å². The van der Waals surface area contributed by atoms with Crippen LogP contribution in [0, 0.1) is 0 Å². The summed E-state index contributed by atoms with van der Waals surface area (Å²) in [6.07, 6.45) is 1.16. The zero-order valence-electron chi connectivity index (χ0n) is 9.02. The molecule has 1 aromatic heterocycles. The molecule has 0 aromatic carbocycles. The Morgan fingerprint density at radius 2 is 2.00 bits per heavy atom. The van der Waals surface area contributed by atoms with Crippen LogP contribution in [0.15, 0.2) is 4.73 Å². The highest BCUT2D eigenvalue weighted by Crippen LogP contribution is 2.14. The van der Waals surface area contributed by atoms with Gasteiger partial charge in [-0.2, -0.15) is 4.98 Å². The minimum absolute atomic E-state index is 0. The molecule has 1 fully saturated rings. The summed E-state index contributed by atoms with van der Waals surface area (Å²) in [5.41, 5.74) is 0. The van der Waals surface area contributed by atoms with Crippen LogP contribution in [-0.4, -0.2) is 40.9 Å². The lowest BCUT2D eigenvalue weighted by Gasteiger charge is -2.19. The fourth-order valence-electron chi connectivity index (χ4n) is 1.67. The molecule has 1 aromatic rings. The number of aromatic nitrogens is 3. The first-order valence-electron chi connectivity index (χ1n) is 4.79. The monoisotopic (exact) mass is 331 g/mol. The zero-order valence-corrected chi connectivity index (χ0v) is 12.2. The van der Waals surface area contributed by atoms with Gasteiger partial charge in [0.2, 0.25) is 10.7 Å². The second-order valence-electron chi connectivity index (χ2n) is 3.40. The maximum absolute atomic E-state index is 4.34. The van der Waals surface area contributed by atoms with Gasteiger partial charge in [0.15, 0.2) is 0 Å². The molecule has 1 aliphatic heterocycles. The highest BCUT2D eigenvalue weighted by atomic mass is 79.9. The Morgan fingerprint density at radius 3 is 2.62 bits per heavy atom. The van der Waals surface area contributed by atoms with E-state index in [4.69, 9.17) is 0 Å². The fourth-order valence-corrected chi connectivity index (χ4v) is 2.06. The van der Waals surface area contributed by atoms with Crippen LogP contribution in [0.2, 0.25) is 0 Å². The van der Waals surface area contributed by atoms with E-state index >= 15 is 0 Å². The topological polar surface area (TPSA) is 46.0 Å². The maximum atomic E-state index is 4.34. The van der Waals surface area contributed by atoms with E-state index in [9.17, 15) is 0 Å². The van der Waals surface area contributed by atoms with Gasteiger partial charge in [0.05, 0.1) is 0 Å². The molecule has 5 nitrogen and oxygen atoms in total. The molecule has 1 N–H and O–H groups in total. The van der Waals surface area contributed by atoms with E-state index < -0.39 is 0 Å². The Morgan fingerprint density at radius 1 is 1.25 bits per heavy atom. The molecule has 0 amide bonds. The van der Waals surface area contributed by atoms with Crippen molar-refractivity contribution in [2.75, 3.05) is 31.1 Å². The number of aryl methyl sites for hydroxylation is 1. The van der Waals surface area contributed by atoms with Crippen LogP contribution in [0.3, 0.4) is 0 Å². The molecule has 2 rings (SSSR count). The Bertz CT molecular complexity index is 311. The van der Waals surface area contributed by atoms with E-state index in [0.717, 1.165) is 38.5 Å². The van der Waals surface area contributed by atoms with Crippen LogP contribution in [0.1, 0.15) is 6.42 Å². The predicted molar refractivity (Wildman–Crippen MR) is 72.9 cm³/mol. The minimum Gasteiger partial charge on any atom is -0.340 e. The van der Waals surface area contributed by atoms with Crippen molar-refractivity contribution in [2.45, 2.75) is 6.42 Å². The summed E-state index contributed by atoms with van der Waals surface area (Å²) in [7, 11) is 1.92. The largest absolute Gasteiger partial charge is 0.340 e. The molecule has 1 aliphatic rings. The summed E-state index contributed by atoms with van der Waals surface area (Å²) < 4.78 is 2.47. The highest BCUT2D eigenvalue weighted by molar-refractivity contribution is 9.10. The van der Waals surface area contributed by atoms with Crippen LogP contribution in [-0.2, 0) is 7.05 Å². The molecule has 16 heavy (non-hydrogen) atoms. The number of nitrogens with one attached hydrogen (secondary N) is 1. The molecular weight excluding hydrogens is 317 g/mol. The highest BCUT2D eigenvalue weighted by Gasteiger charge is 2.15. The smallest absolute Gasteiger partial charge is 0.224 e. The van der Waals surface area contributed by atoms with Crippen LogP contribution >= 0.6 is 40.7 Å². The zero-order chi connectivity index (χ0) is 9.97. The van der Waals surface area contributed by atoms with Crippen LogP contribution in [0.4, 0.5) is 5.95 Å². The standard InChI is InChI=1S/C8H14BrN5.2ClH/c1-13-8(11-7(9)12-13)14-5-2-3-10-4-6-14;;/h10H,2-6H2,1H3;2*1H. The summed E-state index contributed by atoms with van der Waals surface area (Å²) >= 11 is 3.28. The maximum Gasteiger partial charge on any atom is 0.224 e. The number of halogens is 3. The van der Waals surface area contributed by atoms with Crippen molar-refractivity contribution < 1.29 is 0 Å². The average molecular weight is 333 g/mol. The average Bonchev–Trinajstić information content (AvgIpc) is 2.43. The minimum atomic E-state index is 0. The van der Waals surface area contributed by atoms with E-state index in [1.54, 1.807) is 0 Å². The molecule has 0 atom stereocenters. The van der Waals surface area contributed by atoms with E-state index in [-0.39, 0.29) is 24.8 Å². The SMILES string of the molecule is Cl.Cl.Cn1nc(Br)nc1N1CCCNCC1. The second-order valence-corrected chi connectivity index (χ2v) is 4.10. The van der Waals surface area contributed by atoms with Crippen molar-refractivity contribution in [1.29, 1.82) is 0 Å². The van der Waals surface area contributed by atoms with Crippen LogP contribution in [0.25, 0.3) is 0 Å². The third-order valence-corrected chi connectivity index (χ3v) is 2.67. The fraction of sp³-hybridized carbons (Fsp3) is 0.750. The lowest BCUT2D eigenvalue weighted by Crippen LogP contribution is -2.30. The lowest BCUT2D eigenvalue weighted by atomic mass is 10.4. The molecular formula is C8H16BrCl2N5. The van der Waals surface area contributed by atoms with E-state index in [1.165, 1.54) is 0 Å². The number of anilines is 1. The summed E-state index contributed by atoms with van der Waals surface area (Å²) in [5.74, 6) is 0.945. The third kappa shape index (κ3) is 3.76. The van der Waals surface area contributed by atoms with E-state index in [1.807, 2.05) is 11.7 Å². The number of rotatable bonds is 1. The second kappa shape index (κ2) is 7.32. The van der Waals surface area contributed by atoms with Crippen LogP contribution in [0.5, 0.6) is 0 Å². The molecule has 0 radical (unpaired) electrons. The quantitative estimate of drug-likeness (QED) is 0.840. The summed E-state index contributed by atoms with van der Waals surface area (Å²) in [6, 6.07) is 0. The number of hydrogen-bond acceptors (Lipinski definition) is 4. The van der Waals surface area contributed by atoms with Gasteiger partial charge in [0.1, 0.15) is 0 Å².